The number of halogens is 1. The van der Waals surface area contributed by atoms with Crippen LogP contribution in [0.2, 0.25) is 0 Å². The van der Waals surface area contributed by atoms with E-state index < -0.39 is 0 Å². The third-order valence-corrected chi connectivity index (χ3v) is 6.55. The number of nitrogens with one attached hydrogen (secondary N) is 1. The zero-order valence-corrected chi connectivity index (χ0v) is 18.0. The van der Waals surface area contributed by atoms with E-state index in [1.807, 2.05) is 6.07 Å². The van der Waals surface area contributed by atoms with Crippen molar-refractivity contribution in [3.63, 3.8) is 0 Å². The van der Waals surface area contributed by atoms with Gasteiger partial charge >= 0.3 is 0 Å². The van der Waals surface area contributed by atoms with E-state index in [9.17, 15) is 9.18 Å². The highest BCUT2D eigenvalue weighted by Gasteiger charge is 2.29. The molecule has 32 heavy (non-hydrogen) atoms. The Labute approximate surface area is 187 Å². The van der Waals surface area contributed by atoms with Gasteiger partial charge in [-0.3, -0.25) is 4.79 Å². The maximum absolute atomic E-state index is 13.3. The number of hydrogen-bond acceptors (Lipinski definition) is 4. The molecule has 6 heteroatoms. The van der Waals surface area contributed by atoms with Gasteiger partial charge in [0.15, 0.2) is 5.82 Å². The Morgan fingerprint density at radius 1 is 1.03 bits per heavy atom. The fraction of sp³-hybridized carbons (Fsp3) is 0.346. The number of rotatable bonds is 4. The van der Waals surface area contributed by atoms with E-state index in [0.29, 0.717) is 12.4 Å². The minimum Gasteiger partial charge on any atom is -0.356 e. The summed E-state index contributed by atoms with van der Waals surface area (Å²) in [5.41, 5.74) is 3.39. The van der Waals surface area contributed by atoms with Gasteiger partial charge in [0.2, 0.25) is 5.91 Å². The summed E-state index contributed by atoms with van der Waals surface area (Å²) in [6.45, 7) is 1.50. The second-order valence-corrected chi connectivity index (χ2v) is 8.68. The molecule has 1 saturated heterocycles. The molecule has 2 heterocycles. The van der Waals surface area contributed by atoms with Crippen molar-refractivity contribution < 1.29 is 9.18 Å². The number of anilines is 1. The average molecular weight is 431 g/mol. The standard InChI is InChI=1S/C26H27FN4O/c27-21-12-10-19(11-13-21)25-28-15-14-24(30-25)31-16-4-7-20(17-31)26(32)29-23-9-3-6-18-5-1-2-8-22(18)23/h1-2,5,8,10-15,20,23H,3-4,6-7,9,16-17H2,(H,29,32)/t20-,23-/m1/s1. The molecule has 1 aliphatic heterocycles. The molecule has 5 nitrogen and oxygen atoms in total. The first-order valence-corrected chi connectivity index (χ1v) is 11.4. The van der Waals surface area contributed by atoms with Crippen LogP contribution in [-0.2, 0) is 11.2 Å². The van der Waals surface area contributed by atoms with Crippen LogP contribution in [0.4, 0.5) is 10.2 Å². The van der Waals surface area contributed by atoms with Crippen molar-refractivity contribution in [3.8, 4) is 11.4 Å². The van der Waals surface area contributed by atoms with E-state index >= 15 is 0 Å². The lowest BCUT2D eigenvalue weighted by Crippen LogP contribution is -2.44. The second kappa shape index (κ2) is 9.07. The van der Waals surface area contributed by atoms with Crippen LogP contribution in [0.1, 0.15) is 42.9 Å². The van der Waals surface area contributed by atoms with Gasteiger partial charge < -0.3 is 10.2 Å². The SMILES string of the molecule is O=C(N[C@@H]1CCCc2ccccc21)[C@@H]1CCCN(c2ccnc(-c3ccc(F)cc3)n2)C1. The first-order valence-electron chi connectivity index (χ1n) is 11.4. The summed E-state index contributed by atoms with van der Waals surface area (Å²) in [5.74, 6) is 1.15. The lowest BCUT2D eigenvalue weighted by Gasteiger charge is -2.34. The number of carbonyl (C=O) groups is 1. The fourth-order valence-corrected chi connectivity index (χ4v) is 4.86. The number of aromatic nitrogens is 2. The highest BCUT2D eigenvalue weighted by molar-refractivity contribution is 5.80. The maximum atomic E-state index is 13.3. The number of fused-ring (bicyclic) bond motifs is 1. The Hall–Kier alpha value is -3.28. The summed E-state index contributed by atoms with van der Waals surface area (Å²) in [4.78, 5) is 24.4. The van der Waals surface area contributed by atoms with Crippen molar-refractivity contribution in [1.29, 1.82) is 0 Å². The predicted octanol–water partition coefficient (Wildman–Crippen LogP) is 4.69. The molecule has 1 aromatic heterocycles. The number of benzene rings is 2. The Balaban J connectivity index is 1.28. The van der Waals surface area contributed by atoms with Crippen molar-refractivity contribution in [2.24, 2.45) is 5.92 Å². The van der Waals surface area contributed by atoms with Crippen molar-refractivity contribution in [2.75, 3.05) is 18.0 Å². The zero-order chi connectivity index (χ0) is 21.9. The molecule has 0 bridgehead atoms. The van der Waals surface area contributed by atoms with Crippen LogP contribution in [-0.4, -0.2) is 29.0 Å². The van der Waals surface area contributed by atoms with Crippen molar-refractivity contribution in [1.82, 2.24) is 15.3 Å². The molecule has 1 aliphatic carbocycles. The highest BCUT2D eigenvalue weighted by atomic mass is 19.1. The molecule has 0 unspecified atom stereocenters. The molecule has 5 rings (SSSR count). The van der Waals surface area contributed by atoms with E-state index in [2.05, 4.69) is 39.5 Å². The van der Waals surface area contributed by atoms with Gasteiger partial charge in [0.1, 0.15) is 11.6 Å². The van der Waals surface area contributed by atoms with Crippen LogP contribution >= 0.6 is 0 Å². The molecule has 3 aromatic rings. The van der Waals surface area contributed by atoms with Gasteiger partial charge in [0.25, 0.3) is 0 Å². The topological polar surface area (TPSA) is 58.1 Å². The largest absolute Gasteiger partial charge is 0.356 e. The van der Waals surface area contributed by atoms with E-state index in [4.69, 9.17) is 4.98 Å². The van der Waals surface area contributed by atoms with Crippen molar-refractivity contribution >= 4 is 11.7 Å². The Morgan fingerprint density at radius 3 is 2.75 bits per heavy atom. The lowest BCUT2D eigenvalue weighted by molar-refractivity contribution is -0.126. The van der Waals surface area contributed by atoms with Crippen LogP contribution in [0.5, 0.6) is 0 Å². The molecule has 2 atom stereocenters. The van der Waals surface area contributed by atoms with Crippen LogP contribution in [0.25, 0.3) is 11.4 Å². The predicted molar refractivity (Wildman–Crippen MR) is 123 cm³/mol. The zero-order valence-electron chi connectivity index (χ0n) is 18.0. The molecular weight excluding hydrogens is 403 g/mol. The van der Waals surface area contributed by atoms with Gasteiger partial charge in [0, 0.05) is 24.8 Å². The van der Waals surface area contributed by atoms with Gasteiger partial charge in [-0.05, 0) is 73.6 Å². The van der Waals surface area contributed by atoms with Gasteiger partial charge in [-0.2, -0.15) is 0 Å². The van der Waals surface area contributed by atoms with Gasteiger partial charge in [0.05, 0.1) is 12.0 Å². The smallest absolute Gasteiger partial charge is 0.225 e. The summed E-state index contributed by atoms with van der Waals surface area (Å²) in [7, 11) is 0. The molecule has 1 N–H and O–H groups in total. The van der Waals surface area contributed by atoms with Gasteiger partial charge in [-0.1, -0.05) is 24.3 Å². The third-order valence-electron chi connectivity index (χ3n) is 6.55. The molecule has 0 spiro atoms. The Morgan fingerprint density at radius 2 is 1.88 bits per heavy atom. The number of piperidine rings is 1. The van der Waals surface area contributed by atoms with E-state index in [1.165, 1.54) is 23.3 Å². The number of carbonyl (C=O) groups excluding carboxylic acids is 1. The minimum absolute atomic E-state index is 0.0675. The Kier molecular flexibility index (Phi) is 5.84. The molecule has 2 aromatic carbocycles. The molecule has 0 saturated carbocycles. The first kappa shape index (κ1) is 20.6. The third kappa shape index (κ3) is 4.35. The van der Waals surface area contributed by atoms with Crippen LogP contribution in [0.3, 0.4) is 0 Å². The number of nitrogens with zero attached hydrogens (tertiary/aromatic N) is 3. The molecule has 164 valence electrons. The summed E-state index contributed by atoms with van der Waals surface area (Å²) in [6.07, 6.45) is 6.73. The summed E-state index contributed by atoms with van der Waals surface area (Å²) in [6, 6.07) is 16.6. The molecule has 1 amide bonds. The molecular formula is C26H27FN4O. The van der Waals surface area contributed by atoms with Crippen molar-refractivity contribution in [2.45, 2.75) is 38.1 Å². The number of aryl methyl sites for hydroxylation is 1. The molecule has 2 aliphatic rings. The summed E-state index contributed by atoms with van der Waals surface area (Å²) in [5, 5.41) is 3.33. The summed E-state index contributed by atoms with van der Waals surface area (Å²) < 4.78 is 13.3. The molecule has 0 radical (unpaired) electrons. The normalized spacial score (nSPS) is 20.5. The number of hydrogen-bond donors (Lipinski definition) is 1. The average Bonchev–Trinajstić information content (AvgIpc) is 2.85. The first-order chi connectivity index (χ1) is 15.7. The number of amides is 1. The van der Waals surface area contributed by atoms with Gasteiger partial charge in [-0.15, -0.1) is 0 Å². The summed E-state index contributed by atoms with van der Waals surface area (Å²) >= 11 is 0. The van der Waals surface area contributed by atoms with Crippen LogP contribution in [0.15, 0.2) is 60.8 Å². The lowest BCUT2D eigenvalue weighted by atomic mass is 9.87. The van der Waals surface area contributed by atoms with E-state index in [0.717, 1.165) is 50.0 Å². The quantitative estimate of drug-likeness (QED) is 0.652. The van der Waals surface area contributed by atoms with E-state index in [1.54, 1.807) is 18.3 Å². The van der Waals surface area contributed by atoms with Crippen LogP contribution in [0, 0.1) is 11.7 Å². The highest BCUT2D eigenvalue weighted by Crippen LogP contribution is 2.31. The maximum Gasteiger partial charge on any atom is 0.225 e. The molecule has 1 fully saturated rings. The second-order valence-electron chi connectivity index (χ2n) is 8.68. The van der Waals surface area contributed by atoms with Gasteiger partial charge in [-0.25, -0.2) is 14.4 Å². The van der Waals surface area contributed by atoms with E-state index in [-0.39, 0.29) is 23.7 Å². The van der Waals surface area contributed by atoms with Crippen molar-refractivity contribution in [3.05, 3.63) is 77.7 Å². The monoisotopic (exact) mass is 430 g/mol. The van der Waals surface area contributed by atoms with Crippen LogP contribution < -0.4 is 10.2 Å². The fourth-order valence-electron chi connectivity index (χ4n) is 4.86. The minimum atomic E-state index is -0.282. The Bertz CT molecular complexity index is 1100.